The van der Waals surface area contributed by atoms with Crippen LogP contribution in [0.15, 0.2) is 36.7 Å². The van der Waals surface area contributed by atoms with Gasteiger partial charge in [0.15, 0.2) is 0 Å². The fourth-order valence-electron chi connectivity index (χ4n) is 3.46. The van der Waals surface area contributed by atoms with Crippen molar-refractivity contribution in [1.29, 1.82) is 0 Å². The van der Waals surface area contributed by atoms with E-state index < -0.39 is 6.10 Å². The number of aromatic nitrogens is 2. The van der Waals surface area contributed by atoms with Crippen LogP contribution in [0.5, 0.6) is 0 Å². The van der Waals surface area contributed by atoms with Crippen molar-refractivity contribution >= 4 is 5.91 Å². The number of amides is 1. The number of piperidine rings is 1. The lowest BCUT2D eigenvalue weighted by Gasteiger charge is -2.39. The first-order chi connectivity index (χ1) is 12.1. The fraction of sp³-hybridized carbons (Fsp3) is 0.474. The second-order valence-corrected chi connectivity index (χ2v) is 6.65. The molecular weight excluding hydrogens is 321 g/mol. The van der Waals surface area contributed by atoms with Crippen molar-refractivity contribution in [1.82, 2.24) is 15.1 Å². The topological polar surface area (TPSA) is 69.2 Å². The number of aliphatic hydroxyl groups is 1. The van der Waals surface area contributed by atoms with Crippen molar-refractivity contribution in [2.75, 3.05) is 6.54 Å². The molecule has 3 rings (SSSR count). The van der Waals surface area contributed by atoms with Crippen LogP contribution in [-0.2, 0) is 17.6 Å². The highest BCUT2D eigenvalue weighted by molar-refractivity contribution is 5.76. The Kier molecular flexibility index (Phi) is 5.81. The molecule has 1 amide bonds. The molecule has 6 heteroatoms. The Balaban J connectivity index is 1.60. The van der Waals surface area contributed by atoms with Crippen molar-refractivity contribution in [3.63, 3.8) is 0 Å². The molecule has 0 bridgehead atoms. The molecule has 134 valence electrons. The number of nitrogens with one attached hydrogen (secondary N) is 1. The summed E-state index contributed by atoms with van der Waals surface area (Å²) in [5, 5.41) is 17.1. The SMILES string of the molecule is O=C(CCCc1cn[nH]c1)N1CCC[C@H](O)[C@@H]1Cc1ccc(F)cc1. The van der Waals surface area contributed by atoms with Gasteiger partial charge in [0.2, 0.25) is 5.91 Å². The summed E-state index contributed by atoms with van der Waals surface area (Å²) in [6.07, 6.45) is 7.16. The maximum absolute atomic E-state index is 13.1. The van der Waals surface area contributed by atoms with E-state index in [-0.39, 0.29) is 17.8 Å². The average molecular weight is 345 g/mol. The van der Waals surface area contributed by atoms with Crippen molar-refractivity contribution in [2.24, 2.45) is 0 Å². The zero-order valence-electron chi connectivity index (χ0n) is 14.2. The third kappa shape index (κ3) is 4.66. The number of likely N-dealkylation sites (tertiary alicyclic amines) is 1. The van der Waals surface area contributed by atoms with Crippen LogP contribution in [0, 0.1) is 5.82 Å². The van der Waals surface area contributed by atoms with E-state index in [1.165, 1.54) is 12.1 Å². The van der Waals surface area contributed by atoms with E-state index in [0.717, 1.165) is 30.4 Å². The van der Waals surface area contributed by atoms with Crippen LogP contribution >= 0.6 is 0 Å². The number of aryl methyl sites for hydroxylation is 1. The number of halogens is 1. The Morgan fingerprint density at radius 1 is 1.32 bits per heavy atom. The number of H-pyrrole nitrogens is 1. The molecule has 2 aromatic rings. The highest BCUT2D eigenvalue weighted by atomic mass is 19.1. The Morgan fingerprint density at radius 2 is 2.12 bits per heavy atom. The first-order valence-electron chi connectivity index (χ1n) is 8.83. The third-order valence-electron chi connectivity index (χ3n) is 4.83. The minimum atomic E-state index is -0.531. The minimum absolute atomic E-state index is 0.0781. The van der Waals surface area contributed by atoms with Crippen LogP contribution < -0.4 is 0 Å². The number of aromatic amines is 1. The molecular formula is C19H24FN3O2. The van der Waals surface area contributed by atoms with Gasteiger partial charge < -0.3 is 10.0 Å². The molecule has 2 heterocycles. The summed E-state index contributed by atoms with van der Waals surface area (Å²) in [5.41, 5.74) is 2.03. The van der Waals surface area contributed by atoms with Crippen molar-refractivity contribution in [3.05, 3.63) is 53.6 Å². The summed E-state index contributed by atoms with van der Waals surface area (Å²) in [7, 11) is 0. The van der Waals surface area contributed by atoms with Gasteiger partial charge in [-0.3, -0.25) is 9.89 Å². The van der Waals surface area contributed by atoms with E-state index >= 15 is 0 Å². The summed E-state index contributed by atoms with van der Waals surface area (Å²) in [6, 6.07) is 6.04. The molecule has 1 aliphatic heterocycles. The van der Waals surface area contributed by atoms with Gasteiger partial charge in [0.05, 0.1) is 18.3 Å². The number of benzene rings is 1. The fourth-order valence-corrected chi connectivity index (χ4v) is 3.46. The van der Waals surface area contributed by atoms with Gasteiger partial charge in [-0.2, -0.15) is 5.10 Å². The number of hydrogen-bond acceptors (Lipinski definition) is 3. The van der Waals surface area contributed by atoms with Crippen LogP contribution in [0.1, 0.15) is 36.8 Å². The molecule has 1 aliphatic rings. The molecule has 0 aliphatic carbocycles. The summed E-state index contributed by atoms with van der Waals surface area (Å²) < 4.78 is 13.1. The van der Waals surface area contributed by atoms with E-state index in [9.17, 15) is 14.3 Å². The number of carbonyl (C=O) groups excluding carboxylic acids is 1. The van der Waals surface area contributed by atoms with Crippen LogP contribution in [0.2, 0.25) is 0 Å². The van der Waals surface area contributed by atoms with Gasteiger partial charge in [0, 0.05) is 19.2 Å². The lowest BCUT2D eigenvalue weighted by Crippen LogP contribution is -2.52. The molecule has 0 unspecified atom stereocenters. The number of rotatable bonds is 6. The second kappa shape index (κ2) is 8.25. The van der Waals surface area contributed by atoms with Crippen molar-refractivity contribution in [3.8, 4) is 0 Å². The number of hydrogen-bond donors (Lipinski definition) is 2. The molecule has 0 radical (unpaired) electrons. The Bertz CT molecular complexity index is 672. The first-order valence-corrected chi connectivity index (χ1v) is 8.83. The highest BCUT2D eigenvalue weighted by Gasteiger charge is 2.32. The van der Waals surface area contributed by atoms with Gasteiger partial charge in [-0.05, 0) is 55.4 Å². The van der Waals surface area contributed by atoms with Gasteiger partial charge in [-0.25, -0.2) is 4.39 Å². The maximum atomic E-state index is 13.1. The quantitative estimate of drug-likeness (QED) is 0.845. The zero-order chi connectivity index (χ0) is 17.6. The van der Waals surface area contributed by atoms with Crippen LogP contribution in [0.25, 0.3) is 0 Å². The standard InChI is InChI=1S/C19H24FN3O2/c20-16-8-6-14(7-9-16)11-17-18(24)4-2-10-23(17)19(25)5-1-3-15-12-21-22-13-15/h6-9,12-13,17-18,24H,1-5,10-11H2,(H,21,22)/t17-,18-/m0/s1. The predicted molar refractivity (Wildman–Crippen MR) is 92.4 cm³/mol. The Morgan fingerprint density at radius 3 is 2.84 bits per heavy atom. The third-order valence-corrected chi connectivity index (χ3v) is 4.83. The molecule has 25 heavy (non-hydrogen) atoms. The monoisotopic (exact) mass is 345 g/mol. The maximum Gasteiger partial charge on any atom is 0.222 e. The summed E-state index contributed by atoms with van der Waals surface area (Å²) >= 11 is 0. The van der Waals surface area contributed by atoms with Crippen LogP contribution in [-0.4, -0.2) is 44.8 Å². The van der Waals surface area contributed by atoms with E-state index in [1.54, 1.807) is 18.3 Å². The van der Waals surface area contributed by atoms with E-state index in [2.05, 4.69) is 10.2 Å². The molecule has 2 N–H and O–H groups in total. The predicted octanol–water partition coefficient (Wildman–Crippen LogP) is 2.47. The molecule has 1 aromatic heterocycles. The number of aliphatic hydroxyl groups excluding tert-OH is 1. The second-order valence-electron chi connectivity index (χ2n) is 6.65. The normalized spacial score (nSPS) is 20.6. The lowest BCUT2D eigenvalue weighted by atomic mass is 9.92. The van der Waals surface area contributed by atoms with Gasteiger partial charge in [0.1, 0.15) is 5.82 Å². The molecule has 0 saturated carbocycles. The molecule has 2 atom stereocenters. The van der Waals surface area contributed by atoms with Crippen molar-refractivity contribution in [2.45, 2.75) is 50.7 Å². The molecule has 0 spiro atoms. The minimum Gasteiger partial charge on any atom is -0.391 e. The smallest absolute Gasteiger partial charge is 0.222 e. The molecule has 1 saturated heterocycles. The average Bonchev–Trinajstić information content (AvgIpc) is 3.12. The van der Waals surface area contributed by atoms with Crippen LogP contribution in [0.3, 0.4) is 0 Å². The van der Waals surface area contributed by atoms with Crippen LogP contribution in [0.4, 0.5) is 4.39 Å². The largest absolute Gasteiger partial charge is 0.391 e. The summed E-state index contributed by atoms with van der Waals surface area (Å²) in [6.45, 7) is 0.674. The van der Waals surface area contributed by atoms with E-state index in [1.807, 2.05) is 11.1 Å². The van der Waals surface area contributed by atoms with Gasteiger partial charge in [-0.15, -0.1) is 0 Å². The first kappa shape index (κ1) is 17.6. The van der Waals surface area contributed by atoms with Gasteiger partial charge in [0.25, 0.3) is 0 Å². The number of nitrogens with zero attached hydrogens (tertiary/aromatic N) is 2. The number of carbonyl (C=O) groups is 1. The van der Waals surface area contributed by atoms with Crippen molar-refractivity contribution < 1.29 is 14.3 Å². The Labute approximate surface area is 146 Å². The van der Waals surface area contributed by atoms with E-state index in [4.69, 9.17) is 0 Å². The molecule has 1 fully saturated rings. The molecule has 1 aromatic carbocycles. The summed E-state index contributed by atoms with van der Waals surface area (Å²) in [4.78, 5) is 14.5. The van der Waals surface area contributed by atoms with E-state index in [0.29, 0.717) is 25.8 Å². The van der Waals surface area contributed by atoms with Gasteiger partial charge >= 0.3 is 0 Å². The molecule has 5 nitrogen and oxygen atoms in total. The Hall–Kier alpha value is -2.21. The zero-order valence-corrected chi connectivity index (χ0v) is 14.2. The summed E-state index contributed by atoms with van der Waals surface area (Å²) in [5.74, 6) is -0.200. The lowest BCUT2D eigenvalue weighted by molar-refractivity contribution is -0.138. The highest BCUT2D eigenvalue weighted by Crippen LogP contribution is 2.23. The van der Waals surface area contributed by atoms with Gasteiger partial charge in [-0.1, -0.05) is 12.1 Å².